The van der Waals surface area contributed by atoms with Crippen LogP contribution in [0, 0.1) is 0 Å². The average molecular weight is 327 g/mol. The summed E-state index contributed by atoms with van der Waals surface area (Å²) in [7, 11) is 1.54. The predicted octanol–water partition coefficient (Wildman–Crippen LogP) is 3.01. The van der Waals surface area contributed by atoms with Crippen LogP contribution in [0.3, 0.4) is 0 Å². The summed E-state index contributed by atoms with van der Waals surface area (Å²) < 4.78 is 15.9. The quantitative estimate of drug-likeness (QED) is 0.727. The van der Waals surface area contributed by atoms with Crippen molar-refractivity contribution in [2.45, 2.75) is 6.10 Å². The van der Waals surface area contributed by atoms with Crippen LogP contribution in [0.5, 0.6) is 5.75 Å². The lowest BCUT2D eigenvalue weighted by Gasteiger charge is -2.10. The summed E-state index contributed by atoms with van der Waals surface area (Å²) in [5, 5.41) is 12.8. The predicted molar refractivity (Wildman–Crippen MR) is 86.7 cm³/mol. The highest BCUT2D eigenvalue weighted by atomic mass is 16.5. The van der Waals surface area contributed by atoms with Gasteiger partial charge in [0.05, 0.1) is 19.9 Å². The number of methoxy groups -OCH3 is 1. The van der Waals surface area contributed by atoms with E-state index in [2.05, 4.69) is 5.32 Å². The smallest absolute Gasteiger partial charge is 0.251 e. The molecule has 24 heavy (non-hydrogen) atoms. The van der Waals surface area contributed by atoms with Crippen LogP contribution in [-0.2, 0) is 0 Å². The Labute approximate surface area is 138 Å². The molecule has 3 rings (SSSR count). The fourth-order valence-corrected chi connectivity index (χ4v) is 2.24. The summed E-state index contributed by atoms with van der Waals surface area (Å²) in [5.41, 5.74) is 0.456. The van der Waals surface area contributed by atoms with Crippen LogP contribution in [0.4, 0.5) is 0 Å². The van der Waals surface area contributed by atoms with E-state index in [1.54, 1.807) is 54.8 Å². The summed E-state index contributed by atoms with van der Waals surface area (Å²) in [5.74, 6) is 1.75. The maximum atomic E-state index is 12.1. The van der Waals surface area contributed by atoms with Gasteiger partial charge in [-0.05, 0) is 42.5 Å². The van der Waals surface area contributed by atoms with Crippen LogP contribution < -0.4 is 10.1 Å². The Morgan fingerprint density at radius 2 is 2.08 bits per heavy atom. The molecule has 6 heteroatoms. The standard InChI is InChI=1S/C18H17NO5/c1-22-13-5-2-4-12(10-13)18(21)19-11-14(20)15-7-8-17(24-15)16-6-3-9-23-16/h2-10,14,20H,11H2,1H3,(H,19,21). The second-order valence-corrected chi connectivity index (χ2v) is 5.14. The highest BCUT2D eigenvalue weighted by Crippen LogP contribution is 2.25. The number of hydrogen-bond donors (Lipinski definition) is 2. The van der Waals surface area contributed by atoms with Gasteiger partial charge in [0.1, 0.15) is 17.6 Å². The zero-order valence-corrected chi connectivity index (χ0v) is 13.1. The number of benzene rings is 1. The Morgan fingerprint density at radius 1 is 1.21 bits per heavy atom. The number of hydrogen-bond acceptors (Lipinski definition) is 5. The molecule has 3 aromatic rings. The largest absolute Gasteiger partial charge is 0.497 e. The van der Waals surface area contributed by atoms with Crippen LogP contribution in [-0.4, -0.2) is 24.7 Å². The van der Waals surface area contributed by atoms with Crippen molar-refractivity contribution in [2.75, 3.05) is 13.7 Å². The van der Waals surface area contributed by atoms with Crippen LogP contribution >= 0.6 is 0 Å². The van der Waals surface area contributed by atoms with Crippen molar-refractivity contribution in [3.63, 3.8) is 0 Å². The average Bonchev–Trinajstić information content (AvgIpc) is 3.30. The molecular weight excluding hydrogens is 310 g/mol. The first-order chi connectivity index (χ1) is 11.7. The zero-order chi connectivity index (χ0) is 16.9. The van der Waals surface area contributed by atoms with Crippen LogP contribution in [0.15, 0.2) is 63.6 Å². The second-order valence-electron chi connectivity index (χ2n) is 5.14. The fraction of sp³-hybridized carbons (Fsp3) is 0.167. The molecule has 0 radical (unpaired) electrons. The van der Waals surface area contributed by atoms with Gasteiger partial charge in [-0.2, -0.15) is 0 Å². The third-order valence-electron chi connectivity index (χ3n) is 3.51. The molecule has 1 aromatic carbocycles. The molecule has 124 valence electrons. The molecule has 0 bridgehead atoms. The highest BCUT2D eigenvalue weighted by Gasteiger charge is 2.16. The number of nitrogens with one attached hydrogen (secondary N) is 1. The molecule has 1 atom stereocenters. The minimum Gasteiger partial charge on any atom is -0.497 e. The molecule has 0 saturated carbocycles. The summed E-state index contributed by atoms with van der Waals surface area (Å²) in [4.78, 5) is 12.1. The van der Waals surface area contributed by atoms with E-state index in [1.807, 2.05) is 0 Å². The van der Waals surface area contributed by atoms with E-state index in [0.29, 0.717) is 28.6 Å². The van der Waals surface area contributed by atoms with Crippen LogP contribution in [0.2, 0.25) is 0 Å². The molecule has 0 spiro atoms. The van der Waals surface area contributed by atoms with Gasteiger partial charge < -0.3 is 24.0 Å². The normalized spacial score (nSPS) is 11.9. The van der Waals surface area contributed by atoms with Crippen LogP contribution in [0.25, 0.3) is 11.5 Å². The first-order valence-electron chi connectivity index (χ1n) is 7.41. The van der Waals surface area contributed by atoms with E-state index >= 15 is 0 Å². The van der Waals surface area contributed by atoms with Crippen molar-refractivity contribution >= 4 is 5.91 Å². The number of aliphatic hydroxyl groups is 1. The number of aliphatic hydroxyl groups excluding tert-OH is 1. The van der Waals surface area contributed by atoms with E-state index < -0.39 is 6.10 Å². The Bertz CT molecular complexity index is 806. The van der Waals surface area contributed by atoms with E-state index in [1.165, 1.54) is 7.11 Å². The van der Waals surface area contributed by atoms with E-state index in [9.17, 15) is 9.90 Å². The number of ether oxygens (including phenoxy) is 1. The summed E-state index contributed by atoms with van der Waals surface area (Å²) >= 11 is 0. The Morgan fingerprint density at radius 3 is 2.83 bits per heavy atom. The van der Waals surface area contributed by atoms with Crippen molar-refractivity contribution in [3.8, 4) is 17.3 Å². The Balaban J connectivity index is 1.61. The number of carbonyl (C=O) groups is 1. The molecular formula is C18H17NO5. The molecule has 0 saturated heterocycles. The van der Waals surface area contributed by atoms with Crippen molar-refractivity contribution < 1.29 is 23.5 Å². The van der Waals surface area contributed by atoms with Crippen molar-refractivity contribution in [1.29, 1.82) is 0 Å². The molecule has 1 unspecified atom stereocenters. The molecule has 2 heterocycles. The van der Waals surface area contributed by atoms with E-state index in [4.69, 9.17) is 13.6 Å². The van der Waals surface area contributed by atoms with Gasteiger partial charge in [0.25, 0.3) is 5.91 Å². The van der Waals surface area contributed by atoms with Crippen LogP contribution in [0.1, 0.15) is 22.2 Å². The maximum Gasteiger partial charge on any atom is 0.251 e. The van der Waals surface area contributed by atoms with Crippen molar-refractivity contribution in [2.24, 2.45) is 0 Å². The monoisotopic (exact) mass is 327 g/mol. The van der Waals surface area contributed by atoms with Gasteiger partial charge in [-0.15, -0.1) is 0 Å². The topological polar surface area (TPSA) is 84.8 Å². The molecule has 6 nitrogen and oxygen atoms in total. The lowest BCUT2D eigenvalue weighted by molar-refractivity contribution is 0.0901. The minimum atomic E-state index is -0.955. The molecule has 2 aromatic heterocycles. The summed E-state index contributed by atoms with van der Waals surface area (Å²) in [6.07, 6.45) is 0.589. The first-order valence-corrected chi connectivity index (χ1v) is 7.41. The molecule has 2 N–H and O–H groups in total. The fourth-order valence-electron chi connectivity index (χ4n) is 2.24. The maximum absolute atomic E-state index is 12.1. The van der Waals surface area contributed by atoms with Gasteiger partial charge in [0, 0.05) is 5.56 Å². The van der Waals surface area contributed by atoms with Gasteiger partial charge >= 0.3 is 0 Å². The Hall–Kier alpha value is -2.99. The number of furan rings is 2. The van der Waals surface area contributed by atoms with E-state index in [-0.39, 0.29) is 12.5 Å². The van der Waals surface area contributed by atoms with E-state index in [0.717, 1.165) is 0 Å². The van der Waals surface area contributed by atoms with Gasteiger partial charge in [0.2, 0.25) is 0 Å². The molecule has 0 aliphatic carbocycles. The van der Waals surface area contributed by atoms with Gasteiger partial charge in [-0.1, -0.05) is 6.07 Å². The second kappa shape index (κ2) is 7.06. The molecule has 0 aliphatic heterocycles. The summed E-state index contributed by atoms with van der Waals surface area (Å²) in [6, 6.07) is 13.7. The van der Waals surface area contributed by atoms with Gasteiger partial charge in [-0.3, -0.25) is 4.79 Å². The lowest BCUT2D eigenvalue weighted by Crippen LogP contribution is -2.28. The molecule has 0 aliphatic rings. The summed E-state index contributed by atoms with van der Waals surface area (Å²) in [6.45, 7) is 0.0289. The number of amides is 1. The number of carbonyl (C=O) groups excluding carboxylic acids is 1. The van der Waals surface area contributed by atoms with Gasteiger partial charge in [-0.25, -0.2) is 0 Å². The van der Waals surface area contributed by atoms with Gasteiger partial charge in [0.15, 0.2) is 11.5 Å². The highest BCUT2D eigenvalue weighted by molar-refractivity contribution is 5.94. The molecule has 1 amide bonds. The lowest BCUT2D eigenvalue weighted by atomic mass is 10.2. The first kappa shape index (κ1) is 15.9. The third-order valence-corrected chi connectivity index (χ3v) is 3.51. The third kappa shape index (κ3) is 3.49. The Kier molecular flexibility index (Phi) is 4.67. The zero-order valence-electron chi connectivity index (χ0n) is 13.1. The SMILES string of the molecule is COc1cccc(C(=O)NCC(O)c2ccc(-c3ccco3)o2)c1. The van der Waals surface area contributed by atoms with Crippen molar-refractivity contribution in [3.05, 3.63) is 66.1 Å². The molecule has 0 fully saturated rings. The minimum absolute atomic E-state index is 0.0289. The van der Waals surface area contributed by atoms with Crippen molar-refractivity contribution in [1.82, 2.24) is 5.32 Å². The number of rotatable bonds is 6.